The molecule has 3 heterocycles. The van der Waals surface area contributed by atoms with Crippen LogP contribution in [0, 0.1) is 0 Å². The molecule has 3 nitrogen and oxygen atoms in total. The lowest BCUT2D eigenvalue weighted by molar-refractivity contribution is 0.669. The number of rotatable bonds is 2. The summed E-state index contributed by atoms with van der Waals surface area (Å²) < 4.78 is 8.33. The number of para-hydroxylation sites is 1. The van der Waals surface area contributed by atoms with E-state index in [2.05, 4.69) is 95.6 Å². The van der Waals surface area contributed by atoms with Crippen molar-refractivity contribution >= 4 is 54.5 Å². The zero-order valence-corrected chi connectivity index (χ0v) is 19.3. The highest BCUT2D eigenvalue weighted by Gasteiger charge is 2.16. The molecule has 0 radical (unpaired) electrons. The molecule has 0 N–H and O–H groups in total. The van der Waals surface area contributed by atoms with Crippen LogP contribution in [0.2, 0.25) is 0 Å². The fraction of sp³-hybridized carbons (Fsp3) is 0. The van der Waals surface area contributed by atoms with Gasteiger partial charge in [-0.2, -0.15) is 0 Å². The molecule has 3 aromatic heterocycles. The highest BCUT2D eigenvalue weighted by Crippen LogP contribution is 2.39. The van der Waals surface area contributed by atoms with Crippen LogP contribution in [0.3, 0.4) is 0 Å². The first-order valence-electron chi connectivity index (χ1n) is 12.1. The van der Waals surface area contributed by atoms with E-state index in [4.69, 9.17) is 9.40 Å². The number of furan rings is 1. The Kier molecular flexibility index (Phi) is 3.94. The van der Waals surface area contributed by atoms with E-state index in [-0.39, 0.29) is 0 Å². The van der Waals surface area contributed by atoms with Gasteiger partial charge in [-0.05, 0) is 70.4 Å². The Labute approximate surface area is 206 Å². The van der Waals surface area contributed by atoms with Crippen LogP contribution in [0.1, 0.15) is 0 Å². The minimum atomic E-state index is 0.916. The molecule has 8 rings (SSSR count). The maximum absolute atomic E-state index is 6.06. The van der Waals surface area contributed by atoms with Crippen LogP contribution >= 0.6 is 0 Å². The van der Waals surface area contributed by atoms with Crippen LogP contribution in [0.5, 0.6) is 0 Å². The lowest BCUT2D eigenvalue weighted by Crippen LogP contribution is -1.96. The molecule has 0 spiro atoms. The van der Waals surface area contributed by atoms with E-state index in [1.165, 1.54) is 32.7 Å². The molecule has 36 heavy (non-hydrogen) atoms. The molecule has 0 saturated heterocycles. The van der Waals surface area contributed by atoms with Gasteiger partial charge in [0.1, 0.15) is 17.0 Å². The first-order chi connectivity index (χ1) is 17.8. The number of pyridine rings is 1. The van der Waals surface area contributed by atoms with Crippen molar-refractivity contribution in [2.45, 2.75) is 0 Å². The average Bonchev–Trinajstić information content (AvgIpc) is 3.48. The molecule has 0 saturated carbocycles. The molecular weight excluding hydrogens is 440 g/mol. The number of aromatic nitrogens is 2. The number of hydrogen-bond acceptors (Lipinski definition) is 2. The smallest absolute Gasteiger partial charge is 0.137 e. The van der Waals surface area contributed by atoms with E-state index >= 15 is 0 Å². The Morgan fingerprint density at radius 1 is 0.528 bits per heavy atom. The van der Waals surface area contributed by atoms with Gasteiger partial charge in [-0.1, -0.05) is 66.7 Å². The molecule has 0 aliphatic carbocycles. The third kappa shape index (κ3) is 2.71. The standard InChI is InChI=1S/C33H20N2O/c1-2-8-24-21(7-1)12-16-29-33(24)27-20-22(13-15-28(27)35(29)32-11-5-6-18-34-32)23-14-17-31-26(19-23)25-9-3-4-10-30(25)36-31/h1-20H. The number of fused-ring (bicyclic) bond motifs is 8. The van der Waals surface area contributed by atoms with Crippen molar-refractivity contribution in [1.29, 1.82) is 0 Å². The second kappa shape index (κ2) is 7.30. The fourth-order valence-electron chi connectivity index (χ4n) is 5.61. The van der Waals surface area contributed by atoms with Gasteiger partial charge in [-0.25, -0.2) is 4.98 Å². The molecule has 0 bridgehead atoms. The van der Waals surface area contributed by atoms with Gasteiger partial charge in [0.2, 0.25) is 0 Å². The highest BCUT2D eigenvalue weighted by molar-refractivity contribution is 6.22. The summed E-state index contributed by atoms with van der Waals surface area (Å²) in [6, 6.07) is 40.6. The summed E-state index contributed by atoms with van der Waals surface area (Å²) >= 11 is 0. The van der Waals surface area contributed by atoms with Crippen LogP contribution in [0.25, 0.3) is 71.5 Å². The zero-order chi connectivity index (χ0) is 23.6. The molecule has 0 atom stereocenters. The molecule has 0 aliphatic rings. The Morgan fingerprint density at radius 2 is 1.25 bits per heavy atom. The van der Waals surface area contributed by atoms with Crippen molar-refractivity contribution in [1.82, 2.24) is 9.55 Å². The average molecular weight is 461 g/mol. The van der Waals surface area contributed by atoms with Gasteiger partial charge in [0.25, 0.3) is 0 Å². The zero-order valence-electron chi connectivity index (χ0n) is 19.3. The van der Waals surface area contributed by atoms with Crippen molar-refractivity contribution in [3.8, 4) is 16.9 Å². The lowest BCUT2D eigenvalue weighted by Gasteiger charge is -2.07. The largest absolute Gasteiger partial charge is 0.456 e. The number of nitrogens with zero attached hydrogens (tertiary/aromatic N) is 2. The summed E-state index contributed by atoms with van der Waals surface area (Å²) in [6.45, 7) is 0. The summed E-state index contributed by atoms with van der Waals surface area (Å²) in [5.74, 6) is 0.923. The van der Waals surface area contributed by atoms with Crippen LogP contribution < -0.4 is 0 Å². The molecule has 0 amide bonds. The van der Waals surface area contributed by atoms with Crippen molar-refractivity contribution in [2.75, 3.05) is 0 Å². The van der Waals surface area contributed by atoms with Crippen LogP contribution in [-0.4, -0.2) is 9.55 Å². The number of hydrogen-bond donors (Lipinski definition) is 0. The maximum Gasteiger partial charge on any atom is 0.137 e. The van der Waals surface area contributed by atoms with Gasteiger partial charge >= 0.3 is 0 Å². The van der Waals surface area contributed by atoms with E-state index in [9.17, 15) is 0 Å². The van der Waals surface area contributed by atoms with Gasteiger partial charge < -0.3 is 4.42 Å². The summed E-state index contributed by atoms with van der Waals surface area (Å²) in [5.41, 5.74) is 6.51. The van der Waals surface area contributed by atoms with Gasteiger partial charge in [0, 0.05) is 27.7 Å². The van der Waals surface area contributed by atoms with Crippen molar-refractivity contribution < 1.29 is 4.42 Å². The summed E-state index contributed by atoms with van der Waals surface area (Å²) in [5, 5.41) is 7.26. The summed E-state index contributed by atoms with van der Waals surface area (Å²) in [6.07, 6.45) is 1.85. The third-order valence-electron chi connectivity index (χ3n) is 7.24. The van der Waals surface area contributed by atoms with Crippen molar-refractivity contribution in [3.05, 3.63) is 121 Å². The molecule has 0 aliphatic heterocycles. The Hall–Kier alpha value is -4.89. The van der Waals surface area contributed by atoms with Crippen molar-refractivity contribution in [2.24, 2.45) is 0 Å². The molecule has 0 unspecified atom stereocenters. The molecule has 168 valence electrons. The van der Waals surface area contributed by atoms with Crippen molar-refractivity contribution in [3.63, 3.8) is 0 Å². The SMILES string of the molecule is c1ccc(-n2c3ccc(-c4ccc5oc6ccccc6c5c4)cc3c3c4ccccc4ccc32)nc1. The van der Waals surface area contributed by atoms with Gasteiger partial charge in [-0.3, -0.25) is 4.57 Å². The fourth-order valence-corrected chi connectivity index (χ4v) is 5.61. The first kappa shape index (κ1) is 19.4. The van der Waals surface area contributed by atoms with Gasteiger partial charge in [0.15, 0.2) is 0 Å². The Bertz CT molecular complexity index is 2100. The van der Waals surface area contributed by atoms with Crippen LogP contribution in [-0.2, 0) is 0 Å². The predicted molar refractivity (Wildman–Crippen MR) is 149 cm³/mol. The quantitative estimate of drug-likeness (QED) is 0.258. The first-order valence-corrected chi connectivity index (χ1v) is 12.1. The third-order valence-corrected chi connectivity index (χ3v) is 7.24. The maximum atomic E-state index is 6.06. The second-order valence-electron chi connectivity index (χ2n) is 9.25. The molecule has 3 heteroatoms. The number of benzene rings is 5. The lowest BCUT2D eigenvalue weighted by atomic mass is 9.99. The normalized spacial score (nSPS) is 11.9. The van der Waals surface area contributed by atoms with E-state index in [1.54, 1.807) is 0 Å². The van der Waals surface area contributed by atoms with E-state index in [1.807, 2.05) is 30.5 Å². The second-order valence-corrected chi connectivity index (χ2v) is 9.25. The minimum Gasteiger partial charge on any atom is -0.456 e. The van der Waals surface area contributed by atoms with E-state index in [0.29, 0.717) is 0 Å². The predicted octanol–water partition coefficient (Wildman–Crippen LogP) is 8.90. The van der Waals surface area contributed by atoms with Gasteiger partial charge in [-0.15, -0.1) is 0 Å². The summed E-state index contributed by atoms with van der Waals surface area (Å²) in [7, 11) is 0. The Balaban J connectivity index is 1.45. The monoisotopic (exact) mass is 460 g/mol. The molecule has 5 aromatic carbocycles. The Morgan fingerprint density at radius 3 is 2.14 bits per heavy atom. The van der Waals surface area contributed by atoms with E-state index in [0.717, 1.165) is 38.8 Å². The van der Waals surface area contributed by atoms with Crippen LogP contribution in [0.15, 0.2) is 126 Å². The molecular formula is C33H20N2O. The van der Waals surface area contributed by atoms with Gasteiger partial charge in [0.05, 0.1) is 11.0 Å². The minimum absolute atomic E-state index is 0.916. The summed E-state index contributed by atoms with van der Waals surface area (Å²) in [4.78, 5) is 4.69. The highest BCUT2D eigenvalue weighted by atomic mass is 16.3. The van der Waals surface area contributed by atoms with Crippen LogP contribution in [0.4, 0.5) is 0 Å². The van der Waals surface area contributed by atoms with E-state index < -0.39 is 0 Å². The molecule has 0 fully saturated rings. The topological polar surface area (TPSA) is 31.0 Å². The molecule has 8 aromatic rings.